The zero-order valence-electron chi connectivity index (χ0n) is 9.78. The fourth-order valence-electron chi connectivity index (χ4n) is 1.24. The van der Waals surface area contributed by atoms with Crippen LogP contribution >= 0.6 is 0 Å². The number of nitrogens with two attached hydrogens (primary N) is 3. The number of benzene rings is 1. The molecule has 0 bridgehead atoms. The highest BCUT2D eigenvalue weighted by Gasteiger charge is 2.11. The van der Waals surface area contributed by atoms with Gasteiger partial charge in [0.05, 0.1) is 14.2 Å². The molecular weight excluding hydrogens is 222 g/mol. The summed E-state index contributed by atoms with van der Waals surface area (Å²) < 4.78 is 10.3. The van der Waals surface area contributed by atoms with Crippen LogP contribution in [0.3, 0.4) is 0 Å². The largest absolute Gasteiger partial charge is 0.522 e. The molecule has 0 amide bonds. The second-order valence-corrected chi connectivity index (χ2v) is 3.19. The molecule has 0 heterocycles. The van der Waals surface area contributed by atoms with E-state index in [1.165, 1.54) is 0 Å². The number of guanidine groups is 2. The van der Waals surface area contributed by atoms with E-state index in [2.05, 4.69) is 9.98 Å². The minimum atomic E-state index is -0.00290. The number of ether oxygens (including phenoxy) is 2. The Labute approximate surface area is 98.9 Å². The van der Waals surface area contributed by atoms with Crippen LogP contribution in [0, 0.1) is 0 Å². The fraction of sp³-hybridized carbons (Fsp3) is 0.200. The van der Waals surface area contributed by atoms with Crippen molar-refractivity contribution in [2.24, 2.45) is 17.2 Å². The molecule has 0 spiro atoms. The molecule has 0 aliphatic heterocycles. The van der Waals surface area contributed by atoms with E-state index >= 15 is 0 Å². The Morgan fingerprint density at radius 1 is 1.12 bits per heavy atom. The number of methoxy groups -OCH3 is 2. The molecule has 0 fully saturated rings. The van der Waals surface area contributed by atoms with Crippen molar-refractivity contribution in [3.63, 3.8) is 0 Å². The summed E-state index contributed by atoms with van der Waals surface area (Å²) in [4.78, 5) is 5.40. The maximum Gasteiger partial charge on any atom is 0.522 e. The minimum Gasteiger partial charge on any atom is -0.497 e. The number of hydrogen-bond donors (Lipinski definition) is 5. The molecule has 0 aromatic heterocycles. The highest BCUT2D eigenvalue weighted by atomic mass is 16.5. The summed E-state index contributed by atoms with van der Waals surface area (Å²) >= 11 is 0. The van der Waals surface area contributed by atoms with E-state index in [1.807, 2.05) is 0 Å². The average molecular weight is 239 g/mol. The molecule has 0 atom stereocenters. The van der Waals surface area contributed by atoms with Crippen molar-refractivity contribution in [2.45, 2.75) is 0 Å². The molecule has 0 aliphatic rings. The van der Waals surface area contributed by atoms with Gasteiger partial charge in [-0.1, -0.05) is 0 Å². The minimum absolute atomic E-state index is 0.00290. The summed E-state index contributed by atoms with van der Waals surface area (Å²) in [6, 6.07) is 5.26. The summed E-state index contributed by atoms with van der Waals surface area (Å²) in [7, 11) is 3.13. The Kier molecular flexibility index (Phi) is 4.15. The molecular formula is C10H17N5O2+2. The Hall–Kier alpha value is -2.44. The van der Waals surface area contributed by atoms with Crippen molar-refractivity contribution in [3.8, 4) is 11.5 Å². The molecule has 1 rings (SSSR count). The molecule has 7 nitrogen and oxygen atoms in total. The summed E-state index contributed by atoms with van der Waals surface area (Å²) in [5.74, 6) is 1.48. The predicted molar refractivity (Wildman–Crippen MR) is 63.7 cm³/mol. The van der Waals surface area contributed by atoms with Gasteiger partial charge in [0, 0.05) is 6.07 Å². The summed E-state index contributed by atoms with van der Waals surface area (Å²) in [6.07, 6.45) is 0. The summed E-state index contributed by atoms with van der Waals surface area (Å²) in [5, 5.41) is 0. The number of nitrogens with one attached hydrogen (secondary N) is 2. The monoisotopic (exact) mass is 239 g/mol. The van der Waals surface area contributed by atoms with Crippen LogP contribution in [-0.2, 0) is 0 Å². The molecule has 7 heteroatoms. The summed E-state index contributed by atoms with van der Waals surface area (Å²) in [5.41, 5.74) is 16.8. The van der Waals surface area contributed by atoms with Gasteiger partial charge in [-0.05, 0) is 12.1 Å². The van der Waals surface area contributed by atoms with Crippen LogP contribution in [0.2, 0.25) is 0 Å². The van der Waals surface area contributed by atoms with Gasteiger partial charge in [-0.25, -0.2) is 5.73 Å². The van der Waals surface area contributed by atoms with Crippen molar-refractivity contribution in [1.82, 2.24) is 0 Å². The topological polar surface area (TPSA) is 124 Å². The Balaban J connectivity index is 3.15. The zero-order valence-corrected chi connectivity index (χ0v) is 9.78. The smallest absolute Gasteiger partial charge is 0.497 e. The van der Waals surface area contributed by atoms with Gasteiger partial charge in [-0.3, -0.25) is 0 Å². The van der Waals surface area contributed by atoms with Crippen LogP contribution in [-0.4, -0.2) is 26.1 Å². The van der Waals surface area contributed by atoms with E-state index in [9.17, 15) is 0 Å². The predicted octanol–water partition coefficient (Wildman–Crippen LogP) is -3.92. The first kappa shape index (κ1) is 12.6. The quantitative estimate of drug-likeness (QED) is 0.272. The second kappa shape index (κ2) is 5.59. The van der Waals surface area contributed by atoms with E-state index in [0.29, 0.717) is 17.2 Å². The van der Waals surface area contributed by atoms with Gasteiger partial charge < -0.3 is 20.9 Å². The lowest BCUT2D eigenvalue weighted by Crippen LogP contribution is -2.96. The molecule has 0 saturated heterocycles. The van der Waals surface area contributed by atoms with E-state index in [1.54, 1.807) is 32.4 Å². The summed E-state index contributed by atoms with van der Waals surface area (Å²) in [6.45, 7) is 0. The molecule has 8 N–H and O–H groups in total. The lowest BCUT2D eigenvalue weighted by atomic mass is 10.3. The van der Waals surface area contributed by atoms with E-state index in [-0.39, 0.29) is 11.9 Å². The van der Waals surface area contributed by atoms with Crippen LogP contribution in [0.15, 0.2) is 18.2 Å². The lowest BCUT2D eigenvalue weighted by Gasteiger charge is -2.03. The standard InChI is InChI=1S/C10H15N5O2/c1-16-6-3-4-8(17-2)7(5-6)14-10(13)15-9(11)12/h3-5H,1-2H3,(H6,11,12,13,14,15)/p+2. The van der Waals surface area contributed by atoms with Gasteiger partial charge in [0.25, 0.3) is 5.96 Å². The molecule has 0 aliphatic carbocycles. The lowest BCUT2D eigenvalue weighted by molar-refractivity contribution is -0.459. The first-order valence-corrected chi connectivity index (χ1v) is 4.83. The first-order chi connectivity index (χ1) is 8.06. The molecule has 0 saturated carbocycles. The Morgan fingerprint density at radius 3 is 2.35 bits per heavy atom. The maximum atomic E-state index is 5.64. The second-order valence-electron chi connectivity index (χ2n) is 3.19. The van der Waals surface area contributed by atoms with Gasteiger partial charge in [-0.2, -0.15) is 4.99 Å². The van der Waals surface area contributed by atoms with Gasteiger partial charge in [-0.15, -0.1) is 4.99 Å². The molecule has 0 radical (unpaired) electrons. The van der Waals surface area contributed by atoms with Crippen molar-refractivity contribution in [1.29, 1.82) is 0 Å². The third-order valence-corrected chi connectivity index (χ3v) is 1.95. The molecule has 0 unspecified atom stereocenters. The first-order valence-electron chi connectivity index (χ1n) is 4.83. The van der Waals surface area contributed by atoms with Crippen molar-refractivity contribution in [2.75, 3.05) is 14.2 Å². The van der Waals surface area contributed by atoms with Gasteiger partial charge in [0.2, 0.25) is 5.69 Å². The normalized spacial score (nSPS) is 10.8. The maximum absolute atomic E-state index is 5.64. The van der Waals surface area contributed by atoms with Crippen LogP contribution in [0.5, 0.6) is 11.5 Å². The highest BCUT2D eigenvalue weighted by Crippen LogP contribution is 2.24. The molecule has 92 valence electrons. The van der Waals surface area contributed by atoms with Crippen molar-refractivity contribution < 1.29 is 19.5 Å². The SMILES string of the molecule is COc1ccc(OC)c([NH+]=C(N)[NH+]=C(N)N)c1. The van der Waals surface area contributed by atoms with Crippen LogP contribution in [0.4, 0.5) is 5.69 Å². The van der Waals surface area contributed by atoms with Gasteiger partial charge in [0.1, 0.15) is 5.75 Å². The van der Waals surface area contributed by atoms with Gasteiger partial charge >= 0.3 is 5.96 Å². The molecule has 1 aromatic rings. The fourth-order valence-corrected chi connectivity index (χ4v) is 1.24. The van der Waals surface area contributed by atoms with Crippen LogP contribution < -0.4 is 36.7 Å². The van der Waals surface area contributed by atoms with Crippen LogP contribution in [0.25, 0.3) is 0 Å². The van der Waals surface area contributed by atoms with Crippen molar-refractivity contribution >= 4 is 17.6 Å². The number of rotatable bonds is 3. The molecule has 17 heavy (non-hydrogen) atoms. The Bertz CT molecular complexity index is 452. The molecule has 1 aromatic carbocycles. The Morgan fingerprint density at radius 2 is 1.82 bits per heavy atom. The van der Waals surface area contributed by atoms with E-state index < -0.39 is 0 Å². The average Bonchev–Trinajstić information content (AvgIpc) is 2.27. The van der Waals surface area contributed by atoms with E-state index in [4.69, 9.17) is 26.7 Å². The number of hydrogen-bond acceptors (Lipinski definition) is 2. The van der Waals surface area contributed by atoms with Crippen molar-refractivity contribution in [3.05, 3.63) is 18.2 Å². The van der Waals surface area contributed by atoms with Gasteiger partial charge in [0.15, 0.2) is 5.75 Å². The zero-order chi connectivity index (χ0) is 12.8. The van der Waals surface area contributed by atoms with Crippen LogP contribution in [0.1, 0.15) is 0 Å². The van der Waals surface area contributed by atoms with E-state index in [0.717, 1.165) is 0 Å². The third-order valence-electron chi connectivity index (χ3n) is 1.95. The highest BCUT2D eigenvalue weighted by molar-refractivity contribution is 5.76. The third kappa shape index (κ3) is 3.56.